The Bertz CT molecular complexity index is 355. The Hall–Kier alpha value is -1.14. The van der Waals surface area contributed by atoms with Gasteiger partial charge in [0.25, 0.3) is 0 Å². The summed E-state index contributed by atoms with van der Waals surface area (Å²) in [5.74, 6) is -1.42. The van der Waals surface area contributed by atoms with Crippen molar-refractivity contribution in [1.82, 2.24) is 10.6 Å². The van der Waals surface area contributed by atoms with Crippen molar-refractivity contribution in [2.24, 2.45) is 5.92 Å². The zero-order chi connectivity index (χ0) is 13.9. The molecule has 19 heavy (non-hydrogen) atoms. The number of aliphatic carboxylic acids is 1. The lowest BCUT2D eigenvalue weighted by Gasteiger charge is -2.39. The van der Waals surface area contributed by atoms with Gasteiger partial charge >= 0.3 is 5.97 Å². The van der Waals surface area contributed by atoms with Crippen LogP contribution in [0.1, 0.15) is 32.6 Å². The van der Waals surface area contributed by atoms with E-state index >= 15 is 0 Å². The molecule has 2 unspecified atom stereocenters. The third-order valence-corrected chi connectivity index (χ3v) is 4.05. The number of carbonyl (C=O) groups is 2. The summed E-state index contributed by atoms with van der Waals surface area (Å²) in [6.45, 7) is 3.77. The zero-order valence-electron chi connectivity index (χ0n) is 11.3. The van der Waals surface area contributed by atoms with E-state index in [1.165, 1.54) is 0 Å². The van der Waals surface area contributed by atoms with Crippen molar-refractivity contribution in [3.05, 3.63) is 0 Å². The number of carboxylic acids is 1. The zero-order valence-corrected chi connectivity index (χ0v) is 11.3. The largest absolute Gasteiger partial charge is 0.480 e. The molecule has 2 rings (SSSR count). The summed E-state index contributed by atoms with van der Waals surface area (Å²) in [5.41, 5.74) is -1.03. The molecule has 1 saturated carbocycles. The lowest BCUT2D eigenvalue weighted by Crippen LogP contribution is -2.61. The Morgan fingerprint density at radius 1 is 1.37 bits per heavy atom. The van der Waals surface area contributed by atoms with E-state index in [-0.39, 0.29) is 17.9 Å². The first-order valence-electron chi connectivity index (χ1n) is 6.95. The van der Waals surface area contributed by atoms with E-state index in [0.717, 1.165) is 19.4 Å². The predicted molar refractivity (Wildman–Crippen MR) is 68.8 cm³/mol. The maximum absolute atomic E-state index is 12.2. The highest BCUT2D eigenvalue weighted by Crippen LogP contribution is 2.32. The molecule has 0 spiro atoms. The third-order valence-electron chi connectivity index (χ3n) is 4.05. The average molecular weight is 270 g/mol. The molecule has 6 heteroatoms. The number of hydrogen-bond donors (Lipinski definition) is 3. The molecular formula is C13H22N2O4. The highest BCUT2D eigenvalue weighted by Gasteiger charge is 2.47. The van der Waals surface area contributed by atoms with Gasteiger partial charge in [-0.3, -0.25) is 4.79 Å². The van der Waals surface area contributed by atoms with Gasteiger partial charge in [-0.25, -0.2) is 4.79 Å². The van der Waals surface area contributed by atoms with Crippen LogP contribution in [0.5, 0.6) is 0 Å². The van der Waals surface area contributed by atoms with E-state index in [2.05, 4.69) is 17.6 Å². The quantitative estimate of drug-likeness (QED) is 0.638. The second-order valence-electron chi connectivity index (χ2n) is 5.43. The first-order valence-corrected chi connectivity index (χ1v) is 6.95. The molecule has 6 nitrogen and oxygen atoms in total. The molecule has 2 aliphatic rings. The molecule has 1 saturated heterocycles. The van der Waals surface area contributed by atoms with E-state index in [0.29, 0.717) is 26.1 Å². The second-order valence-corrected chi connectivity index (χ2v) is 5.43. The van der Waals surface area contributed by atoms with Gasteiger partial charge in [-0.2, -0.15) is 0 Å². The van der Waals surface area contributed by atoms with E-state index in [1.54, 1.807) is 0 Å². The normalized spacial score (nSPS) is 28.7. The number of nitrogens with one attached hydrogen (secondary N) is 2. The Morgan fingerprint density at radius 2 is 2.11 bits per heavy atom. The highest BCUT2D eigenvalue weighted by molar-refractivity contribution is 5.89. The van der Waals surface area contributed by atoms with Gasteiger partial charge in [0.2, 0.25) is 5.91 Å². The van der Waals surface area contributed by atoms with Crippen LogP contribution < -0.4 is 10.6 Å². The third kappa shape index (κ3) is 2.90. The van der Waals surface area contributed by atoms with Crippen molar-refractivity contribution in [2.45, 2.75) is 44.2 Å². The van der Waals surface area contributed by atoms with Gasteiger partial charge in [0.1, 0.15) is 5.54 Å². The molecule has 1 heterocycles. The van der Waals surface area contributed by atoms with Crippen molar-refractivity contribution in [3.63, 3.8) is 0 Å². The molecule has 2 atom stereocenters. The minimum atomic E-state index is -1.03. The fourth-order valence-corrected chi connectivity index (χ4v) is 2.59. The fraction of sp³-hybridized carbons (Fsp3) is 0.846. The Labute approximate surface area is 112 Å². The topological polar surface area (TPSA) is 87.7 Å². The summed E-state index contributed by atoms with van der Waals surface area (Å²) in [5, 5.41) is 15.2. The minimum absolute atomic E-state index is 0.00845. The van der Waals surface area contributed by atoms with Crippen LogP contribution >= 0.6 is 0 Å². The van der Waals surface area contributed by atoms with Crippen molar-refractivity contribution in [1.29, 1.82) is 0 Å². The molecule has 1 amide bonds. The molecule has 108 valence electrons. The van der Waals surface area contributed by atoms with Crippen LogP contribution in [0.3, 0.4) is 0 Å². The number of carbonyl (C=O) groups excluding carboxylic acids is 1. The van der Waals surface area contributed by atoms with E-state index < -0.39 is 11.5 Å². The molecule has 0 aromatic carbocycles. The molecular weight excluding hydrogens is 248 g/mol. The minimum Gasteiger partial charge on any atom is -0.480 e. The second kappa shape index (κ2) is 5.88. The smallest absolute Gasteiger partial charge is 0.329 e. The van der Waals surface area contributed by atoms with Crippen molar-refractivity contribution < 1.29 is 19.4 Å². The SMILES string of the molecule is CCCNC1COCC1C(=O)NC1(C(=O)O)CCC1. The van der Waals surface area contributed by atoms with E-state index in [9.17, 15) is 14.7 Å². The van der Waals surface area contributed by atoms with Gasteiger partial charge in [0, 0.05) is 6.04 Å². The van der Waals surface area contributed by atoms with Gasteiger partial charge in [-0.1, -0.05) is 6.92 Å². The lowest BCUT2D eigenvalue weighted by atomic mass is 9.76. The number of amides is 1. The van der Waals surface area contributed by atoms with Crippen LogP contribution in [0.15, 0.2) is 0 Å². The fourth-order valence-electron chi connectivity index (χ4n) is 2.59. The number of ether oxygens (including phenoxy) is 1. The molecule has 2 fully saturated rings. The number of carboxylic acid groups (broad SMARTS) is 1. The standard InChI is InChI=1S/C13H22N2O4/c1-2-6-14-10-8-19-7-9(10)11(16)15-13(12(17)18)4-3-5-13/h9-10,14H,2-8H2,1H3,(H,15,16)(H,17,18). The summed E-state index contributed by atoms with van der Waals surface area (Å²) in [7, 11) is 0. The van der Waals surface area contributed by atoms with E-state index in [1.807, 2.05) is 0 Å². The van der Waals surface area contributed by atoms with Crippen LogP contribution in [-0.4, -0.2) is 48.3 Å². The van der Waals surface area contributed by atoms with Gasteiger partial charge < -0.3 is 20.5 Å². The molecule has 0 aromatic rings. The summed E-state index contributed by atoms with van der Waals surface area (Å²) in [4.78, 5) is 23.5. The first-order chi connectivity index (χ1) is 9.09. The van der Waals surface area contributed by atoms with Crippen molar-refractivity contribution in [3.8, 4) is 0 Å². The van der Waals surface area contributed by atoms with Crippen LogP contribution in [0, 0.1) is 5.92 Å². The maximum Gasteiger partial charge on any atom is 0.329 e. The van der Waals surface area contributed by atoms with Gasteiger partial charge in [-0.05, 0) is 32.2 Å². The van der Waals surface area contributed by atoms with Gasteiger partial charge in [0.05, 0.1) is 19.1 Å². The summed E-state index contributed by atoms with van der Waals surface area (Å²) < 4.78 is 5.34. The molecule has 1 aliphatic carbocycles. The lowest BCUT2D eigenvalue weighted by molar-refractivity contribution is -0.152. The predicted octanol–water partition coefficient (Wildman–Crippen LogP) is 0.125. The van der Waals surface area contributed by atoms with Crippen LogP contribution in [0.4, 0.5) is 0 Å². The van der Waals surface area contributed by atoms with E-state index in [4.69, 9.17) is 4.74 Å². The average Bonchev–Trinajstić information content (AvgIpc) is 2.78. The maximum atomic E-state index is 12.2. The number of hydrogen-bond acceptors (Lipinski definition) is 4. The van der Waals surface area contributed by atoms with Crippen LogP contribution in [0.2, 0.25) is 0 Å². The Morgan fingerprint density at radius 3 is 2.63 bits per heavy atom. The van der Waals surface area contributed by atoms with Crippen LogP contribution in [-0.2, 0) is 14.3 Å². The Kier molecular flexibility index (Phi) is 4.42. The van der Waals surface area contributed by atoms with Gasteiger partial charge in [-0.15, -0.1) is 0 Å². The van der Waals surface area contributed by atoms with Crippen LogP contribution in [0.25, 0.3) is 0 Å². The Balaban J connectivity index is 1.93. The summed E-state index contributed by atoms with van der Waals surface area (Å²) in [6.07, 6.45) is 2.89. The molecule has 1 aliphatic heterocycles. The van der Waals surface area contributed by atoms with Gasteiger partial charge in [0.15, 0.2) is 0 Å². The summed E-state index contributed by atoms with van der Waals surface area (Å²) in [6, 6.07) is -0.00845. The highest BCUT2D eigenvalue weighted by atomic mass is 16.5. The monoisotopic (exact) mass is 270 g/mol. The molecule has 0 bridgehead atoms. The first kappa shape index (κ1) is 14.3. The summed E-state index contributed by atoms with van der Waals surface area (Å²) >= 11 is 0. The molecule has 0 aromatic heterocycles. The molecule has 0 radical (unpaired) electrons. The molecule has 3 N–H and O–H groups in total. The number of rotatable bonds is 6. The van der Waals surface area contributed by atoms with Crippen molar-refractivity contribution >= 4 is 11.9 Å². The van der Waals surface area contributed by atoms with Crippen molar-refractivity contribution in [2.75, 3.05) is 19.8 Å².